The van der Waals surface area contributed by atoms with Gasteiger partial charge in [0.25, 0.3) is 5.91 Å². The van der Waals surface area contributed by atoms with Crippen molar-refractivity contribution in [3.05, 3.63) is 46.6 Å². The number of benzene rings is 1. The van der Waals surface area contributed by atoms with Crippen molar-refractivity contribution in [3.63, 3.8) is 0 Å². The number of H-pyrrole nitrogens is 1. The predicted molar refractivity (Wildman–Crippen MR) is 120 cm³/mol. The molecule has 3 heterocycles. The summed E-state index contributed by atoms with van der Waals surface area (Å²) in [5, 5.41) is 3.97. The molecule has 0 unspecified atom stereocenters. The highest BCUT2D eigenvalue weighted by molar-refractivity contribution is 9.10. The number of methoxy groups -OCH3 is 1. The second-order valence-corrected chi connectivity index (χ2v) is 7.99. The molecule has 0 atom stereocenters. The maximum Gasteiger partial charge on any atom is 0.251 e. The molecule has 1 amide bonds. The monoisotopic (exact) mass is 472 g/mol. The van der Waals surface area contributed by atoms with Gasteiger partial charge in [0.2, 0.25) is 5.88 Å². The molecule has 1 aromatic carbocycles. The molecule has 1 aliphatic rings. The molecule has 0 spiro atoms. The molecule has 0 saturated carbocycles. The highest BCUT2D eigenvalue weighted by Gasteiger charge is 2.17. The van der Waals surface area contributed by atoms with E-state index in [9.17, 15) is 4.79 Å². The van der Waals surface area contributed by atoms with Crippen LogP contribution in [-0.2, 0) is 4.74 Å². The smallest absolute Gasteiger partial charge is 0.251 e. The molecule has 0 aliphatic carbocycles. The van der Waals surface area contributed by atoms with Crippen molar-refractivity contribution in [1.82, 2.24) is 20.2 Å². The van der Waals surface area contributed by atoms with Crippen molar-refractivity contribution in [1.29, 1.82) is 0 Å². The van der Waals surface area contributed by atoms with Gasteiger partial charge in [-0.05, 0) is 59.2 Å². The molecule has 2 N–H and O–H groups in total. The molecule has 8 heteroatoms. The number of rotatable bonds is 7. The van der Waals surface area contributed by atoms with E-state index in [1.807, 2.05) is 30.3 Å². The van der Waals surface area contributed by atoms with Crippen molar-refractivity contribution in [2.24, 2.45) is 0 Å². The van der Waals surface area contributed by atoms with Gasteiger partial charge in [-0.15, -0.1) is 0 Å². The van der Waals surface area contributed by atoms with E-state index in [1.165, 1.54) is 0 Å². The van der Waals surface area contributed by atoms with Crippen LogP contribution in [0.25, 0.3) is 22.2 Å². The third-order valence-electron chi connectivity index (χ3n) is 5.27. The molecular weight excluding hydrogens is 448 g/mol. The summed E-state index contributed by atoms with van der Waals surface area (Å²) in [5.74, 6) is 0.482. The first-order chi connectivity index (χ1) is 14.7. The van der Waals surface area contributed by atoms with Crippen LogP contribution in [0, 0.1) is 0 Å². The maximum absolute atomic E-state index is 12.6. The van der Waals surface area contributed by atoms with E-state index in [-0.39, 0.29) is 5.91 Å². The third-order valence-corrected chi connectivity index (χ3v) is 6.10. The number of morpholine rings is 1. The normalized spacial score (nSPS) is 14.7. The number of hydrogen-bond donors (Lipinski definition) is 2. The summed E-state index contributed by atoms with van der Waals surface area (Å²) in [7, 11) is 1.60. The summed E-state index contributed by atoms with van der Waals surface area (Å²) in [6.45, 7) is 5.16. The Morgan fingerprint density at radius 2 is 2.17 bits per heavy atom. The fourth-order valence-corrected chi connectivity index (χ4v) is 4.30. The number of hydrogen-bond acceptors (Lipinski definition) is 5. The predicted octanol–water partition coefficient (Wildman–Crippen LogP) is 3.45. The van der Waals surface area contributed by atoms with Crippen molar-refractivity contribution < 1.29 is 14.3 Å². The summed E-state index contributed by atoms with van der Waals surface area (Å²) in [6, 6.07) is 9.48. The molecule has 1 fully saturated rings. The minimum atomic E-state index is -0.0625. The standard InChI is InChI=1S/C22H25BrN4O3/c1-29-22-16(4-2-7-25-22)20-19(23)17-14-15(5-6-18(17)26-20)21(28)24-8-3-9-27-10-12-30-13-11-27/h2,4-7,14,26H,3,8-13H2,1H3,(H,24,28). The van der Waals surface area contributed by atoms with E-state index in [1.54, 1.807) is 13.3 Å². The topological polar surface area (TPSA) is 79.5 Å². The number of nitrogens with one attached hydrogen (secondary N) is 2. The van der Waals surface area contributed by atoms with Crippen LogP contribution in [0.1, 0.15) is 16.8 Å². The minimum absolute atomic E-state index is 0.0625. The molecule has 1 saturated heterocycles. The number of carbonyl (C=O) groups excluding carboxylic acids is 1. The lowest BCUT2D eigenvalue weighted by atomic mass is 10.1. The van der Waals surface area contributed by atoms with Gasteiger partial charge in [0.1, 0.15) is 0 Å². The highest BCUT2D eigenvalue weighted by Crippen LogP contribution is 2.38. The van der Waals surface area contributed by atoms with Crippen LogP contribution >= 0.6 is 15.9 Å². The average Bonchev–Trinajstić information content (AvgIpc) is 3.13. The maximum atomic E-state index is 12.6. The molecule has 1 aliphatic heterocycles. The van der Waals surface area contributed by atoms with E-state index in [0.29, 0.717) is 18.0 Å². The largest absolute Gasteiger partial charge is 0.481 e. The number of aromatic nitrogens is 2. The first-order valence-electron chi connectivity index (χ1n) is 10.1. The Balaban J connectivity index is 1.45. The molecule has 0 radical (unpaired) electrons. The van der Waals surface area contributed by atoms with E-state index < -0.39 is 0 Å². The number of amides is 1. The van der Waals surface area contributed by atoms with E-state index in [4.69, 9.17) is 9.47 Å². The van der Waals surface area contributed by atoms with E-state index in [2.05, 4.69) is 36.1 Å². The third kappa shape index (κ3) is 4.50. The van der Waals surface area contributed by atoms with Crippen LogP contribution in [0.5, 0.6) is 5.88 Å². The first kappa shape index (κ1) is 20.8. The van der Waals surface area contributed by atoms with Crippen molar-refractivity contribution in [2.75, 3.05) is 46.5 Å². The van der Waals surface area contributed by atoms with E-state index >= 15 is 0 Å². The fraction of sp³-hybridized carbons (Fsp3) is 0.364. The van der Waals surface area contributed by atoms with Gasteiger partial charge < -0.3 is 19.8 Å². The van der Waals surface area contributed by atoms with E-state index in [0.717, 1.165) is 65.9 Å². The van der Waals surface area contributed by atoms with Gasteiger partial charge in [0.15, 0.2) is 0 Å². The molecule has 158 valence electrons. The Kier molecular flexibility index (Phi) is 6.66. The second-order valence-electron chi connectivity index (χ2n) is 7.20. The minimum Gasteiger partial charge on any atom is -0.481 e. The van der Waals surface area contributed by atoms with Gasteiger partial charge in [-0.2, -0.15) is 0 Å². The lowest BCUT2D eigenvalue weighted by Gasteiger charge is -2.26. The Hall–Kier alpha value is -2.42. The quantitative estimate of drug-likeness (QED) is 0.514. The number of nitrogens with zero attached hydrogens (tertiary/aromatic N) is 2. The van der Waals surface area contributed by atoms with Crippen LogP contribution in [0.2, 0.25) is 0 Å². The van der Waals surface area contributed by atoms with Gasteiger partial charge in [0.05, 0.1) is 36.1 Å². The van der Waals surface area contributed by atoms with Crippen LogP contribution < -0.4 is 10.1 Å². The summed E-state index contributed by atoms with van der Waals surface area (Å²) < 4.78 is 11.6. The summed E-state index contributed by atoms with van der Waals surface area (Å²) >= 11 is 3.68. The van der Waals surface area contributed by atoms with Gasteiger partial charge in [-0.3, -0.25) is 9.69 Å². The number of halogens is 1. The van der Waals surface area contributed by atoms with Crippen LogP contribution in [-0.4, -0.2) is 67.3 Å². The molecular formula is C22H25BrN4O3. The molecule has 4 rings (SSSR count). The lowest BCUT2D eigenvalue weighted by Crippen LogP contribution is -2.38. The first-order valence-corrected chi connectivity index (χ1v) is 10.9. The number of carbonyl (C=O) groups is 1. The molecule has 2 aromatic heterocycles. The summed E-state index contributed by atoms with van der Waals surface area (Å²) in [6.07, 6.45) is 2.62. The molecule has 7 nitrogen and oxygen atoms in total. The average molecular weight is 473 g/mol. The highest BCUT2D eigenvalue weighted by atomic mass is 79.9. The van der Waals surface area contributed by atoms with Crippen LogP contribution in [0.15, 0.2) is 41.0 Å². The zero-order chi connectivity index (χ0) is 20.9. The van der Waals surface area contributed by atoms with Gasteiger partial charge in [0, 0.05) is 42.3 Å². The van der Waals surface area contributed by atoms with Crippen molar-refractivity contribution >= 4 is 32.7 Å². The number of ether oxygens (including phenoxy) is 2. The Morgan fingerprint density at radius 3 is 2.97 bits per heavy atom. The molecule has 3 aromatic rings. The van der Waals surface area contributed by atoms with Gasteiger partial charge >= 0.3 is 0 Å². The molecule has 30 heavy (non-hydrogen) atoms. The Bertz CT molecular complexity index is 1030. The van der Waals surface area contributed by atoms with Crippen molar-refractivity contribution in [3.8, 4) is 17.1 Å². The van der Waals surface area contributed by atoms with Gasteiger partial charge in [-0.1, -0.05) is 0 Å². The summed E-state index contributed by atoms with van der Waals surface area (Å²) in [5.41, 5.74) is 3.31. The number of pyridine rings is 1. The molecule has 0 bridgehead atoms. The Labute approximate surface area is 183 Å². The van der Waals surface area contributed by atoms with Crippen LogP contribution in [0.3, 0.4) is 0 Å². The zero-order valence-electron chi connectivity index (χ0n) is 16.9. The number of fused-ring (bicyclic) bond motifs is 1. The SMILES string of the molecule is COc1ncccc1-c1[nH]c2ccc(C(=O)NCCCN3CCOCC3)cc2c1Br. The number of aromatic amines is 1. The second kappa shape index (κ2) is 9.59. The lowest BCUT2D eigenvalue weighted by molar-refractivity contribution is 0.0374. The fourth-order valence-electron chi connectivity index (χ4n) is 3.66. The summed E-state index contributed by atoms with van der Waals surface area (Å²) in [4.78, 5) is 22.7. The van der Waals surface area contributed by atoms with Gasteiger partial charge in [-0.25, -0.2) is 4.98 Å². The van der Waals surface area contributed by atoms with Crippen molar-refractivity contribution in [2.45, 2.75) is 6.42 Å². The Morgan fingerprint density at radius 1 is 1.33 bits per heavy atom. The zero-order valence-corrected chi connectivity index (χ0v) is 18.5. The van der Waals surface area contributed by atoms with Crippen LogP contribution in [0.4, 0.5) is 0 Å².